The second kappa shape index (κ2) is 8.41. The summed E-state index contributed by atoms with van der Waals surface area (Å²) in [5.74, 6) is -0.372. The summed E-state index contributed by atoms with van der Waals surface area (Å²) in [5.41, 5.74) is 0.342. The Hall–Kier alpha value is -2.98. The van der Waals surface area contributed by atoms with Crippen LogP contribution in [0.2, 0.25) is 5.02 Å². The van der Waals surface area contributed by atoms with Crippen LogP contribution in [-0.2, 0) is 4.79 Å². The highest BCUT2D eigenvalue weighted by atomic mass is 35.5. The fraction of sp³-hybridized carbons (Fsp3) is 0.211. The normalized spacial score (nSPS) is 13.3. The van der Waals surface area contributed by atoms with Gasteiger partial charge >= 0.3 is 0 Å². The summed E-state index contributed by atoms with van der Waals surface area (Å²) < 4.78 is 16.1. The van der Waals surface area contributed by atoms with Gasteiger partial charge in [-0.1, -0.05) is 35.5 Å². The molecule has 8 nitrogen and oxygen atoms in total. The van der Waals surface area contributed by atoms with Crippen molar-refractivity contribution in [1.82, 2.24) is 14.8 Å². The number of nitro benzene ring substituents is 1. The highest BCUT2D eigenvalue weighted by Gasteiger charge is 2.31. The molecule has 1 heterocycles. The van der Waals surface area contributed by atoms with Gasteiger partial charge in [-0.05, 0) is 31.0 Å². The molecule has 4 rings (SSSR count). The third kappa shape index (κ3) is 4.29. The van der Waals surface area contributed by atoms with E-state index in [4.69, 9.17) is 11.6 Å². The summed E-state index contributed by atoms with van der Waals surface area (Å²) in [6.07, 6.45) is 1.87. The Morgan fingerprint density at radius 2 is 2.07 bits per heavy atom. The number of halogens is 2. The lowest BCUT2D eigenvalue weighted by molar-refractivity contribution is -0.384. The number of nitro groups is 1. The summed E-state index contributed by atoms with van der Waals surface area (Å²) >= 11 is 7.18. The Balaban J connectivity index is 1.50. The number of anilines is 1. The lowest BCUT2D eigenvalue weighted by atomic mass is 10.2. The molecule has 11 heteroatoms. The Morgan fingerprint density at radius 3 is 2.77 bits per heavy atom. The molecule has 0 unspecified atom stereocenters. The molecule has 0 aliphatic heterocycles. The molecule has 1 N–H and O–H groups in total. The molecule has 0 atom stereocenters. The minimum atomic E-state index is -0.566. The topological polar surface area (TPSA) is 103 Å². The molecule has 154 valence electrons. The number of nitrogens with one attached hydrogen (secondary N) is 1. The van der Waals surface area contributed by atoms with Gasteiger partial charge in [0.15, 0.2) is 11.0 Å². The zero-order valence-corrected chi connectivity index (χ0v) is 17.0. The summed E-state index contributed by atoms with van der Waals surface area (Å²) in [5, 5.41) is 22.5. The van der Waals surface area contributed by atoms with E-state index >= 15 is 0 Å². The van der Waals surface area contributed by atoms with Crippen molar-refractivity contribution in [3.05, 3.63) is 63.4 Å². The van der Waals surface area contributed by atoms with Gasteiger partial charge in [0.05, 0.1) is 26.9 Å². The summed E-state index contributed by atoms with van der Waals surface area (Å²) in [6.45, 7) is 0. The zero-order valence-electron chi connectivity index (χ0n) is 15.4. The molecule has 1 aromatic heterocycles. The highest BCUT2D eigenvalue weighted by Crippen LogP contribution is 2.41. The van der Waals surface area contributed by atoms with Gasteiger partial charge in [-0.25, -0.2) is 4.39 Å². The van der Waals surface area contributed by atoms with Crippen molar-refractivity contribution in [2.75, 3.05) is 11.1 Å². The van der Waals surface area contributed by atoms with Gasteiger partial charge in [-0.2, -0.15) is 0 Å². The molecule has 0 radical (unpaired) electrons. The molecular weight excluding hydrogens is 433 g/mol. The molecule has 1 saturated carbocycles. The van der Waals surface area contributed by atoms with E-state index in [1.54, 1.807) is 18.2 Å². The van der Waals surface area contributed by atoms with E-state index in [0.29, 0.717) is 16.5 Å². The monoisotopic (exact) mass is 447 g/mol. The van der Waals surface area contributed by atoms with E-state index in [1.807, 2.05) is 4.57 Å². The van der Waals surface area contributed by atoms with E-state index in [9.17, 15) is 19.3 Å². The van der Waals surface area contributed by atoms with Crippen LogP contribution >= 0.6 is 23.4 Å². The first-order valence-electron chi connectivity index (χ1n) is 9.00. The van der Waals surface area contributed by atoms with Crippen LogP contribution in [-0.4, -0.2) is 31.3 Å². The van der Waals surface area contributed by atoms with Gasteiger partial charge in [-0.15, -0.1) is 10.2 Å². The van der Waals surface area contributed by atoms with Gasteiger partial charge in [0.2, 0.25) is 5.91 Å². The number of rotatable bonds is 7. The first kappa shape index (κ1) is 20.3. The van der Waals surface area contributed by atoms with Crippen LogP contribution in [0.25, 0.3) is 11.4 Å². The number of benzene rings is 2. The number of aromatic nitrogens is 3. The zero-order chi connectivity index (χ0) is 21.3. The van der Waals surface area contributed by atoms with E-state index in [1.165, 1.54) is 24.3 Å². The van der Waals surface area contributed by atoms with Gasteiger partial charge < -0.3 is 5.32 Å². The Kier molecular flexibility index (Phi) is 5.69. The van der Waals surface area contributed by atoms with E-state index < -0.39 is 10.8 Å². The van der Waals surface area contributed by atoms with Crippen LogP contribution < -0.4 is 5.32 Å². The Labute approximate surface area is 179 Å². The molecule has 1 aliphatic rings. The molecule has 2 aromatic carbocycles. The van der Waals surface area contributed by atoms with E-state index in [-0.39, 0.29) is 34.0 Å². The first-order chi connectivity index (χ1) is 14.4. The van der Waals surface area contributed by atoms with E-state index in [0.717, 1.165) is 24.6 Å². The Morgan fingerprint density at radius 1 is 1.30 bits per heavy atom. The van der Waals surface area contributed by atoms with Gasteiger partial charge in [0.1, 0.15) is 5.82 Å². The molecule has 0 bridgehead atoms. The van der Waals surface area contributed by atoms with Crippen LogP contribution in [0.3, 0.4) is 0 Å². The largest absolute Gasteiger partial charge is 0.324 e. The summed E-state index contributed by atoms with van der Waals surface area (Å²) in [7, 11) is 0. The number of hydrogen-bond acceptors (Lipinski definition) is 6. The van der Waals surface area contributed by atoms with Crippen molar-refractivity contribution in [3.8, 4) is 11.4 Å². The van der Waals surface area contributed by atoms with E-state index in [2.05, 4.69) is 15.5 Å². The Bertz CT molecular complexity index is 1140. The predicted molar refractivity (Wildman–Crippen MR) is 111 cm³/mol. The number of non-ortho nitro benzene ring substituents is 1. The van der Waals surface area contributed by atoms with Crippen LogP contribution in [0, 0.1) is 15.9 Å². The summed E-state index contributed by atoms with van der Waals surface area (Å²) in [4.78, 5) is 22.7. The number of carbonyl (C=O) groups excluding carboxylic acids is 1. The average molecular weight is 448 g/mol. The molecule has 1 fully saturated rings. The molecule has 30 heavy (non-hydrogen) atoms. The highest BCUT2D eigenvalue weighted by molar-refractivity contribution is 7.99. The fourth-order valence-electron chi connectivity index (χ4n) is 2.90. The maximum atomic E-state index is 14.2. The van der Waals surface area contributed by atoms with Crippen molar-refractivity contribution in [3.63, 3.8) is 0 Å². The molecule has 3 aromatic rings. The second-order valence-corrected chi connectivity index (χ2v) is 8.00. The standard InChI is InChI=1S/C19H15ClFN5O3S/c20-14-8-7-12(26(28)29)9-16(14)22-17(27)10-30-19-24-23-18(25(19)11-5-6-11)13-3-1-2-4-15(13)21/h1-4,7-9,11H,5-6,10H2,(H,22,27). The second-order valence-electron chi connectivity index (χ2n) is 6.65. The number of amides is 1. The number of carbonyl (C=O) groups is 1. The van der Waals surface area contributed by atoms with Gasteiger partial charge in [-0.3, -0.25) is 19.5 Å². The van der Waals surface area contributed by atoms with Gasteiger partial charge in [0, 0.05) is 18.2 Å². The minimum absolute atomic E-state index is 0.0128. The number of hydrogen-bond donors (Lipinski definition) is 1. The number of nitrogens with zero attached hydrogens (tertiary/aromatic N) is 4. The van der Waals surface area contributed by atoms with Crippen LogP contribution in [0.15, 0.2) is 47.6 Å². The van der Waals surface area contributed by atoms with Crippen molar-refractivity contribution in [2.45, 2.75) is 24.0 Å². The fourth-order valence-corrected chi connectivity index (χ4v) is 3.87. The van der Waals surface area contributed by atoms with Crippen LogP contribution in [0.5, 0.6) is 0 Å². The molecular formula is C19H15ClFN5O3S. The maximum absolute atomic E-state index is 14.2. The molecule has 1 amide bonds. The smallest absolute Gasteiger partial charge is 0.271 e. The summed E-state index contributed by atoms with van der Waals surface area (Å²) in [6, 6.07) is 10.3. The lowest BCUT2D eigenvalue weighted by Crippen LogP contribution is -2.15. The first-order valence-corrected chi connectivity index (χ1v) is 10.4. The number of thioether (sulfide) groups is 1. The van der Waals surface area contributed by atoms with Crippen LogP contribution in [0.1, 0.15) is 18.9 Å². The SMILES string of the molecule is O=C(CSc1nnc(-c2ccccc2F)n1C1CC1)Nc1cc([N+](=O)[O-])ccc1Cl. The van der Waals surface area contributed by atoms with Crippen molar-refractivity contribution >= 4 is 40.6 Å². The van der Waals surface area contributed by atoms with Crippen LogP contribution in [0.4, 0.5) is 15.8 Å². The van der Waals surface area contributed by atoms with Gasteiger partial charge in [0.25, 0.3) is 5.69 Å². The lowest BCUT2D eigenvalue weighted by Gasteiger charge is -2.10. The molecule has 0 saturated heterocycles. The van der Waals surface area contributed by atoms with Crippen molar-refractivity contribution in [1.29, 1.82) is 0 Å². The minimum Gasteiger partial charge on any atom is -0.324 e. The maximum Gasteiger partial charge on any atom is 0.271 e. The average Bonchev–Trinajstić information content (AvgIpc) is 3.47. The third-order valence-corrected chi connectivity index (χ3v) is 5.73. The molecule has 0 spiro atoms. The quantitative estimate of drug-likeness (QED) is 0.319. The van der Waals surface area contributed by atoms with Crippen molar-refractivity contribution < 1.29 is 14.1 Å². The molecule has 1 aliphatic carbocycles. The third-order valence-electron chi connectivity index (χ3n) is 4.46. The van der Waals surface area contributed by atoms with Crippen molar-refractivity contribution in [2.24, 2.45) is 0 Å². The predicted octanol–water partition coefficient (Wildman–Crippen LogP) is 4.71.